The lowest BCUT2D eigenvalue weighted by molar-refractivity contribution is -0.149. The van der Waals surface area contributed by atoms with Gasteiger partial charge in [-0.15, -0.1) is 0 Å². The highest BCUT2D eigenvalue weighted by atomic mass is 16.5. The fraction of sp³-hybridized carbons (Fsp3) is 0.667. The Morgan fingerprint density at radius 1 is 1.09 bits per heavy atom. The van der Waals surface area contributed by atoms with Crippen LogP contribution in [0.5, 0.6) is 5.75 Å². The minimum Gasteiger partial charge on any atom is -0.482 e. The van der Waals surface area contributed by atoms with Crippen LogP contribution in [0.1, 0.15) is 76.8 Å². The number of carboxylic acid groups (broad SMARTS) is 1. The molecule has 0 aromatic heterocycles. The molecular weight excluding hydrogens is 436 g/mol. The summed E-state index contributed by atoms with van der Waals surface area (Å²) in [4.78, 5) is 34.5. The number of rotatable bonds is 12. The van der Waals surface area contributed by atoms with Crippen LogP contribution in [0, 0.1) is 17.8 Å². The topological polar surface area (TPSA) is 99.1 Å². The van der Waals surface area contributed by atoms with E-state index in [0.717, 1.165) is 63.4 Å². The molecule has 0 aliphatic heterocycles. The van der Waals surface area contributed by atoms with Crippen molar-refractivity contribution >= 4 is 17.9 Å². The second-order valence-electron chi connectivity index (χ2n) is 9.76. The predicted molar refractivity (Wildman–Crippen MR) is 127 cm³/mol. The molecule has 1 N–H and O–H groups in total. The van der Waals surface area contributed by atoms with Crippen LogP contribution < -0.4 is 4.74 Å². The second-order valence-corrected chi connectivity index (χ2v) is 9.76. The van der Waals surface area contributed by atoms with Crippen LogP contribution in [-0.4, -0.2) is 41.8 Å². The van der Waals surface area contributed by atoms with Crippen LogP contribution in [-0.2, 0) is 36.7 Å². The van der Waals surface area contributed by atoms with E-state index in [2.05, 4.69) is 13.0 Å². The molecule has 1 aromatic rings. The van der Waals surface area contributed by atoms with Gasteiger partial charge in [-0.05, 0) is 79.9 Å². The first-order chi connectivity index (χ1) is 16.3. The number of carbonyl (C=O) groups excluding carboxylic acids is 2. The molecule has 0 spiro atoms. The summed E-state index contributed by atoms with van der Waals surface area (Å²) in [5.74, 6) is 0.0257. The number of unbranched alkanes of at least 4 members (excludes halogenated alkanes) is 2. The van der Waals surface area contributed by atoms with Gasteiger partial charge in [0, 0.05) is 13.8 Å². The molecule has 2 aliphatic rings. The van der Waals surface area contributed by atoms with Crippen molar-refractivity contribution in [3.05, 3.63) is 29.3 Å². The molecule has 7 heteroatoms. The van der Waals surface area contributed by atoms with Gasteiger partial charge in [0.05, 0.1) is 0 Å². The molecule has 5 atom stereocenters. The molecule has 0 heterocycles. The Hall–Kier alpha value is -2.57. The lowest BCUT2D eigenvalue weighted by Gasteiger charge is -2.33. The van der Waals surface area contributed by atoms with Gasteiger partial charge in [-0.1, -0.05) is 31.9 Å². The predicted octanol–water partition coefficient (Wildman–Crippen LogP) is 4.72. The van der Waals surface area contributed by atoms with Crippen molar-refractivity contribution in [1.82, 2.24) is 0 Å². The lowest BCUT2D eigenvalue weighted by atomic mass is 9.73. The maximum atomic E-state index is 11.9. The van der Waals surface area contributed by atoms with Crippen molar-refractivity contribution in [3.8, 4) is 5.75 Å². The van der Waals surface area contributed by atoms with Gasteiger partial charge in [0.1, 0.15) is 18.0 Å². The summed E-state index contributed by atoms with van der Waals surface area (Å²) in [6.45, 7) is 4.71. The number of fused-ring (bicyclic) bond motifs is 2. The summed E-state index contributed by atoms with van der Waals surface area (Å²) in [5.41, 5.74) is 2.25. The quantitative estimate of drug-likeness (QED) is 0.345. The van der Waals surface area contributed by atoms with Gasteiger partial charge in [-0.25, -0.2) is 4.79 Å². The highest BCUT2D eigenvalue weighted by molar-refractivity contribution is 5.68. The largest absolute Gasteiger partial charge is 0.482 e. The number of ether oxygens (including phenoxy) is 3. The lowest BCUT2D eigenvalue weighted by Crippen LogP contribution is -2.30. The van der Waals surface area contributed by atoms with Crippen molar-refractivity contribution in [2.24, 2.45) is 17.8 Å². The van der Waals surface area contributed by atoms with Crippen molar-refractivity contribution in [2.45, 2.75) is 90.8 Å². The van der Waals surface area contributed by atoms with Gasteiger partial charge < -0.3 is 19.3 Å². The number of benzene rings is 1. The normalized spacial score (nSPS) is 24.0. The van der Waals surface area contributed by atoms with Crippen molar-refractivity contribution in [3.63, 3.8) is 0 Å². The molecule has 34 heavy (non-hydrogen) atoms. The summed E-state index contributed by atoms with van der Waals surface area (Å²) >= 11 is 0. The molecule has 188 valence electrons. The van der Waals surface area contributed by atoms with Crippen LogP contribution in [0.2, 0.25) is 0 Å². The molecule has 1 fully saturated rings. The van der Waals surface area contributed by atoms with Gasteiger partial charge in [-0.3, -0.25) is 9.59 Å². The summed E-state index contributed by atoms with van der Waals surface area (Å²) in [6, 6.07) is 5.83. The number of carboxylic acids is 1. The van der Waals surface area contributed by atoms with E-state index in [9.17, 15) is 14.4 Å². The zero-order valence-electron chi connectivity index (χ0n) is 20.6. The molecule has 3 rings (SSSR count). The van der Waals surface area contributed by atoms with E-state index in [1.54, 1.807) is 0 Å². The Morgan fingerprint density at radius 3 is 2.56 bits per heavy atom. The Balaban J connectivity index is 1.74. The zero-order valence-corrected chi connectivity index (χ0v) is 20.6. The second kappa shape index (κ2) is 12.2. The smallest absolute Gasteiger partial charge is 0.341 e. The molecule has 0 radical (unpaired) electrons. The van der Waals surface area contributed by atoms with Gasteiger partial charge in [-0.2, -0.15) is 0 Å². The average molecular weight is 475 g/mol. The molecule has 1 aromatic carbocycles. The number of hydrogen-bond acceptors (Lipinski definition) is 6. The third-order valence-corrected chi connectivity index (χ3v) is 7.27. The fourth-order valence-electron chi connectivity index (χ4n) is 5.90. The third kappa shape index (κ3) is 6.97. The SMILES string of the molecule is CCCCC[C@@H](CC[C@H]1[C@H](OC(C)=O)CC2Cc3c(cccc3OCC(=O)O)C[C@@H]21)OC(C)=O. The number of esters is 2. The molecular formula is C27H38O7. The summed E-state index contributed by atoms with van der Waals surface area (Å²) in [7, 11) is 0. The van der Waals surface area contributed by atoms with Crippen LogP contribution in [0.15, 0.2) is 18.2 Å². The monoisotopic (exact) mass is 474 g/mol. The van der Waals surface area contributed by atoms with E-state index < -0.39 is 5.97 Å². The molecule has 7 nitrogen and oxygen atoms in total. The minimum atomic E-state index is -0.997. The molecule has 0 amide bonds. The number of aliphatic carboxylic acids is 1. The van der Waals surface area contributed by atoms with E-state index in [1.807, 2.05) is 12.1 Å². The first kappa shape index (κ1) is 26.0. The summed E-state index contributed by atoms with van der Waals surface area (Å²) in [6.07, 6.45) is 7.90. The van der Waals surface area contributed by atoms with E-state index in [4.69, 9.17) is 19.3 Å². The Kier molecular flexibility index (Phi) is 9.36. The summed E-state index contributed by atoms with van der Waals surface area (Å²) < 4.78 is 17.0. The molecule has 1 unspecified atom stereocenters. The van der Waals surface area contributed by atoms with Gasteiger partial charge in [0.2, 0.25) is 0 Å². The van der Waals surface area contributed by atoms with Gasteiger partial charge in [0.25, 0.3) is 0 Å². The minimum absolute atomic E-state index is 0.104. The molecule has 2 aliphatic carbocycles. The average Bonchev–Trinajstić information content (AvgIpc) is 3.09. The van der Waals surface area contributed by atoms with Crippen molar-refractivity contribution in [2.75, 3.05) is 6.61 Å². The van der Waals surface area contributed by atoms with Crippen molar-refractivity contribution < 1.29 is 33.7 Å². The highest BCUT2D eigenvalue weighted by Crippen LogP contribution is 2.49. The first-order valence-electron chi connectivity index (χ1n) is 12.6. The Bertz CT molecular complexity index is 865. The standard InChI is InChI=1S/C27H38O7/c1-4-5-6-9-21(33-17(2)28)11-12-22-23-13-19-8-7-10-25(32-16-27(30)31)24(19)14-20(23)15-26(22)34-18(3)29/h7-8,10,20-23,26H,4-6,9,11-16H2,1-3H3,(H,30,31)/t20?,21-,22+,23-,26+/m0/s1. The Morgan fingerprint density at radius 2 is 1.88 bits per heavy atom. The van der Waals surface area contributed by atoms with Gasteiger partial charge in [0.15, 0.2) is 6.61 Å². The van der Waals surface area contributed by atoms with E-state index >= 15 is 0 Å². The van der Waals surface area contributed by atoms with Crippen LogP contribution in [0.3, 0.4) is 0 Å². The highest BCUT2D eigenvalue weighted by Gasteiger charge is 2.47. The summed E-state index contributed by atoms with van der Waals surface area (Å²) in [5, 5.41) is 9.00. The molecule has 0 saturated heterocycles. The zero-order chi connectivity index (χ0) is 24.7. The maximum Gasteiger partial charge on any atom is 0.341 e. The number of carbonyl (C=O) groups is 3. The van der Waals surface area contributed by atoms with E-state index in [-0.39, 0.29) is 36.7 Å². The molecule has 0 bridgehead atoms. The fourth-order valence-corrected chi connectivity index (χ4v) is 5.90. The van der Waals surface area contributed by atoms with Crippen LogP contribution in [0.25, 0.3) is 0 Å². The third-order valence-electron chi connectivity index (χ3n) is 7.27. The Labute approximate surface area is 202 Å². The van der Waals surface area contributed by atoms with E-state index in [1.165, 1.54) is 19.4 Å². The maximum absolute atomic E-state index is 11.9. The number of hydrogen-bond donors (Lipinski definition) is 1. The molecule has 1 saturated carbocycles. The van der Waals surface area contributed by atoms with Crippen molar-refractivity contribution in [1.29, 1.82) is 0 Å². The first-order valence-corrected chi connectivity index (χ1v) is 12.6. The van der Waals surface area contributed by atoms with Crippen LogP contribution >= 0.6 is 0 Å². The van der Waals surface area contributed by atoms with Crippen LogP contribution in [0.4, 0.5) is 0 Å². The van der Waals surface area contributed by atoms with Gasteiger partial charge >= 0.3 is 17.9 Å². The van der Waals surface area contributed by atoms with E-state index in [0.29, 0.717) is 17.6 Å².